The molecule has 12 heteroatoms. The van der Waals surface area contributed by atoms with Crippen molar-refractivity contribution in [3.63, 3.8) is 0 Å². The summed E-state index contributed by atoms with van der Waals surface area (Å²) in [5.74, 6) is -1.87. The summed E-state index contributed by atoms with van der Waals surface area (Å²) in [7, 11) is -3.86. The van der Waals surface area contributed by atoms with E-state index in [0.29, 0.717) is 0 Å². The Morgan fingerprint density at radius 1 is 0.900 bits per heavy atom. The Balaban J connectivity index is 0.00000320. The van der Waals surface area contributed by atoms with E-state index in [0.717, 1.165) is 0 Å². The molecule has 0 aliphatic carbocycles. The quantitative estimate of drug-likeness (QED) is 0.317. The molecule has 1 fully saturated rings. The topological polar surface area (TPSA) is 174 Å². The molecular weight excluding hydrogens is 443 g/mol. The Hall–Kier alpha value is -1.70. The molecule has 1 saturated heterocycles. The summed E-state index contributed by atoms with van der Waals surface area (Å²) in [6.07, 6.45) is -9.09. The number of aliphatic carboxylic acids is 1. The molecule has 0 amide bonds. The van der Waals surface area contributed by atoms with E-state index in [1.165, 1.54) is 48.5 Å². The minimum Gasteiger partial charge on any atom is -0.547 e. The number of benzene rings is 2. The van der Waals surface area contributed by atoms with Gasteiger partial charge in [-0.3, -0.25) is 0 Å². The van der Waals surface area contributed by atoms with Gasteiger partial charge in [0.1, 0.15) is 35.9 Å². The van der Waals surface area contributed by atoms with Gasteiger partial charge < -0.3 is 39.8 Å². The van der Waals surface area contributed by atoms with Crippen molar-refractivity contribution in [1.29, 1.82) is 0 Å². The minimum absolute atomic E-state index is 0. The first-order valence-corrected chi connectivity index (χ1v) is 9.81. The smallest absolute Gasteiger partial charge is 0.547 e. The third kappa shape index (κ3) is 4.95. The number of carboxylic acid groups (broad SMARTS) is 1. The molecule has 30 heavy (non-hydrogen) atoms. The van der Waals surface area contributed by atoms with Crippen LogP contribution < -0.4 is 39.4 Å². The van der Waals surface area contributed by atoms with Gasteiger partial charge in [-0.05, 0) is 48.5 Å². The number of carbonyl (C=O) groups is 1. The molecule has 2 aromatic carbocycles. The van der Waals surface area contributed by atoms with E-state index >= 15 is 0 Å². The normalized spacial score (nSPS) is 26.4. The Morgan fingerprint density at radius 3 is 1.90 bits per heavy atom. The van der Waals surface area contributed by atoms with Crippen molar-refractivity contribution in [1.82, 2.24) is 0 Å². The summed E-state index contributed by atoms with van der Waals surface area (Å²) in [6, 6.07) is 9.88. The second-order valence-electron chi connectivity index (χ2n) is 6.30. The number of carbonyl (C=O) groups excluding carboxylic acids is 1. The van der Waals surface area contributed by atoms with E-state index in [-0.39, 0.29) is 50.8 Å². The molecule has 0 saturated carbocycles. The number of aromatic hydroxyl groups is 1. The average molecular weight is 460 g/mol. The third-order valence-corrected chi connectivity index (χ3v) is 6.12. The predicted octanol–water partition coefficient (Wildman–Crippen LogP) is -4.83. The van der Waals surface area contributed by atoms with Gasteiger partial charge in [0.05, 0.1) is 15.8 Å². The fourth-order valence-corrected chi connectivity index (χ4v) is 3.99. The molecule has 0 unspecified atom stereocenters. The molecule has 5 atom stereocenters. The summed E-state index contributed by atoms with van der Waals surface area (Å²) >= 11 is 0. The van der Waals surface area contributed by atoms with Gasteiger partial charge in [-0.15, -0.1) is 0 Å². The maximum absolute atomic E-state index is 12.6. The number of aliphatic hydroxyl groups excluding tert-OH is 3. The van der Waals surface area contributed by atoms with Crippen LogP contribution in [0, 0.1) is 0 Å². The monoisotopic (exact) mass is 460 g/mol. The molecular formula is C18H17NaO10S. The predicted molar refractivity (Wildman–Crippen MR) is 92.3 cm³/mol. The molecule has 0 bridgehead atoms. The van der Waals surface area contributed by atoms with Gasteiger partial charge in [0.25, 0.3) is 0 Å². The van der Waals surface area contributed by atoms with Gasteiger partial charge in [0.2, 0.25) is 16.1 Å². The number of sulfone groups is 1. The first-order valence-electron chi connectivity index (χ1n) is 8.32. The minimum atomic E-state index is -3.86. The van der Waals surface area contributed by atoms with Crippen LogP contribution in [0.25, 0.3) is 0 Å². The summed E-state index contributed by atoms with van der Waals surface area (Å²) in [6.45, 7) is 0. The molecule has 10 nitrogen and oxygen atoms in total. The van der Waals surface area contributed by atoms with Crippen LogP contribution in [0.4, 0.5) is 0 Å². The standard InChI is InChI=1S/C18H18O10S.Na/c19-9-1-5-11(6-2-9)29(25,26)12-7-3-10(4-8-12)27-18-15(22)13(20)14(21)16(28-18)17(23)24;/h1-8,13-16,18-22H,(H,23,24);/q;+1/p-1/t13-,14-,15+,16-,18+;/m0./s1/i1+1,2+1,3+1,4+1,5+1,6+1,7+1,8+1,9+1,10+1,11+1,12+1;. The molecule has 0 aromatic heterocycles. The zero-order valence-electron chi connectivity index (χ0n) is 15.7. The second kappa shape index (κ2) is 9.62. The number of hydrogen-bond donors (Lipinski definition) is 4. The van der Waals surface area contributed by atoms with E-state index in [1.54, 1.807) is 0 Å². The summed E-state index contributed by atoms with van der Waals surface area (Å²) in [4.78, 5) is 10.9. The van der Waals surface area contributed by atoms with E-state index in [2.05, 4.69) is 0 Å². The van der Waals surface area contributed by atoms with Crippen LogP contribution in [0.2, 0.25) is 0 Å². The van der Waals surface area contributed by atoms with Crippen molar-refractivity contribution < 1.29 is 77.8 Å². The number of phenolic OH excluding ortho intramolecular Hbond substituents is 1. The average Bonchev–Trinajstić information content (AvgIpc) is 2.69. The Morgan fingerprint density at radius 2 is 1.40 bits per heavy atom. The second-order valence-corrected chi connectivity index (χ2v) is 8.25. The molecule has 0 spiro atoms. The number of phenols is 1. The van der Waals surface area contributed by atoms with E-state index in [9.17, 15) is 38.7 Å². The molecule has 1 aliphatic heterocycles. The van der Waals surface area contributed by atoms with Crippen molar-refractivity contribution in [3.05, 3.63) is 48.5 Å². The maximum Gasteiger partial charge on any atom is 1.00 e. The number of hydrogen-bond acceptors (Lipinski definition) is 10. The van der Waals surface area contributed by atoms with Gasteiger partial charge in [-0.25, -0.2) is 8.42 Å². The zero-order chi connectivity index (χ0) is 21.3. The first kappa shape index (κ1) is 24.6. The Labute approximate surface area is 193 Å². The molecule has 0 radical (unpaired) electrons. The van der Waals surface area contributed by atoms with Crippen LogP contribution in [0.1, 0.15) is 0 Å². The summed E-state index contributed by atoms with van der Waals surface area (Å²) in [5, 5.41) is 49.6. The number of aliphatic hydroxyl groups is 3. The maximum atomic E-state index is 12.6. The Bertz CT molecular complexity index is 977. The van der Waals surface area contributed by atoms with Crippen molar-refractivity contribution in [2.75, 3.05) is 0 Å². The van der Waals surface area contributed by atoms with Gasteiger partial charge >= 0.3 is 29.6 Å². The fourth-order valence-electron chi connectivity index (χ4n) is 2.73. The summed E-state index contributed by atoms with van der Waals surface area (Å²) in [5.41, 5.74) is 0. The van der Waals surface area contributed by atoms with Crippen LogP contribution in [0.3, 0.4) is 0 Å². The number of ether oxygens (including phenoxy) is 2. The van der Waals surface area contributed by atoms with Crippen LogP contribution in [0.15, 0.2) is 58.3 Å². The summed E-state index contributed by atoms with van der Waals surface area (Å²) < 4.78 is 35.4. The van der Waals surface area contributed by atoms with Crippen molar-refractivity contribution in [3.8, 4) is 11.5 Å². The molecule has 2 aromatic rings. The molecule has 156 valence electrons. The van der Waals surface area contributed by atoms with Crippen molar-refractivity contribution in [2.24, 2.45) is 0 Å². The largest absolute Gasteiger partial charge is 1.00 e. The van der Waals surface area contributed by atoms with E-state index in [4.69, 9.17) is 9.47 Å². The van der Waals surface area contributed by atoms with Gasteiger partial charge in [0.15, 0.2) is 0 Å². The van der Waals surface area contributed by atoms with E-state index < -0.39 is 46.5 Å². The van der Waals surface area contributed by atoms with Gasteiger partial charge in [-0.2, -0.15) is 0 Å². The fraction of sp³-hybridized carbons (Fsp3) is 0.278. The Kier molecular flexibility index (Phi) is 7.88. The van der Waals surface area contributed by atoms with Crippen molar-refractivity contribution in [2.45, 2.75) is 40.5 Å². The third-order valence-electron chi connectivity index (χ3n) is 4.34. The molecule has 4 N–H and O–H groups in total. The van der Waals surface area contributed by atoms with Crippen LogP contribution >= 0.6 is 0 Å². The number of rotatable bonds is 5. The van der Waals surface area contributed by atoms with E-state index in [1.807, 2.05) is 0 Å². The number of carboxylic acids is 1. The van der Waals surface area contributed by atoms with Crippen LogP contribution in [-0.2, 0) is 19.4 Å². The van der Waals surface area contributed by atoms with Crippen LogP contribution in [0.5, 0.6) is 11.5 Å². The van der Waals surface area contributed by atoms with Gasteiger partial charge in [-0.1, -0.05) is 0 Å². The molecule has 1 heterocycles. The molecule has 1 aliphatic rings. The SMILES string of the molecule is O=C([O-])[C@H]1O[C@@H](O[13c]2[13cH][13cH][13c](S(=O)(=O)[13c]3[13cH][13cH][13c](O)[13cH][13cH]3)[13cH][13cH]2)[C@H](O)[C@@H](O)[C@@H]1O.[Na+]. The van der Waals surface area contributed by atoms with Crippen molar-refractivity contribution >= 4 is 15.8 Å². The molecule has 3 rings (SSSR count). The zero-order valence-corrected chi connectivity index (χ0v) is 18.5. The first-order chi connectivity index (χ1) is 13.6. The van der Waals surface area contributed by atoms with Gasteiger partial charge in [0, 0.05) is 0 Å². The van der Waals surface area contributed by atoms with Crippen LogP contribution in [-0.4, -0.2) is 65.5 Å².